The fraction of sp³-hybridized carbons (Fsp3) is 0.111. The lowest BCUT2D eigenvalue weighted by atomic mass is 10.1. The molecule has 2 N–H and O–H groups in total. The molecule has 110 valence electrons. The molecule has 3 aromatic rings. The standard InChI is InChI=1S/C18H17N3O/c1-13-6-2-3-7-14(13)12-20-21-18(22)10-15-11-19-17-9-5-4-8-16(15)17/h2-9,11-12,19H,10H2,1H3,(H,21,22)/b20-12+. The minimum absolute atomic E-state index is 0.130. The first-order chi connectivity index (χ1) is 10.7. The molecule has 0 unspecified atom stereocenters. The molecule has 0 bridgehead atoms. The molecule has 1 aromatic heterocycles. The van der Waals surface area contributed by atoms with E-state index in [4.69, 9.17) is 0 Å². The van der Waals surface area contributed by atoms with Crippen LogP contribution in [0.1, 0.15) is 16.7 Å². The van der Waals surface area contributed by atoms with Crippen LogP contribution >= 0.6 is 0 Å². The van der Waals surface area contributed by atoms with Crippen LogP contribution in [0.15, 0.2) is 59.8 Å². The number of hydrogen-bond donors (Lipinski definition) is 2. The van der Waals surface area contributed by atoms with Crippen LogP contribution in [0.25, 0.3) is 10.9 Å². The molecule has 0 fully saturated rings. The van der Waals surface area contributed by atoms with Crippen LogP contribution in [0.3, 0.4) is 0 Å². The van der Waals surface area contributed by atoms with Gasteiger partial charge in [0.25, 0.3) is 0 Å². The molecule has 22 heavy (non-hydrogen) atoms. The van der Waals surface area contributed by atoms with E-state index in [-0.39, 0.29) is 5.91 Å². The lowest BCUT2D eigenvalue weighted by molar-refractivity contribution is -0.120. The first-order valence-electron chi connectivity index (χ1n) is 7.16. The van der Waals surface area contributed by atoms with Crippen LogP contribution in [0.5, 0.6) is 0 Å². The summed E-state index contributed by atoms with van der Waals surface area (Å²) < 4.78 is 0. The van der Waals surface area contributed by atoms with Gasteiger partial charge in [-0.05, 0) is 29.7 Å². The summed E-state index contributed by atoms with van der Waals surface area (Å²) in [7, 11) is 0. The predicted octanol–water partition coefficient (Wildman–Crippen LogP) is 3.17. The number of carbonyl (C=O) groups excluding carboxylic acids is 1. The summed E-state index contributed by atoms with van der Waals surface area (Å²) in [5.74, 6) is -0.130. The van der Waals surface area contributed by atoms with E-state index in [2.05, 4.69) is 15.5 Å². The number of aromatic amines is 1. The number of hydrogen-bond acceptors (Lipinski definition) is 2. The Balaban J connectivity index is 1.65. The largest absolute Gasteiger partial charge is 0.361 e. The molecule has 0 radical (unpaired) electrons. The van der Waals surface area contributed by atoms with Gasteiger partial charge >= 0.3 is 0 Å². The van der Waals surface area contributed by atoms with Crippen molar-refractivity contribution in [3.63, 3.8) is 0 Å². The SMILES string of the molecule is Cc1ccccc1/C=N/NC(=O)Cc1c[nH]c2ccccc12. The van der Waals surface area contributed by atoms with Crippen molar-refractivity contribution in [3.8, 4) is 0 Å². The smallest absolute Gasteiger partial charge is 0.244 e. The number of aryl methyl sites for hydroxylation is 1. The van der Waals surface area contributed by atoms with Crippen LogP contribution < -0.4 is 5.43 Å². The summed E-state index contributed by atoms with van der Waals surface area (Å²) in [4.78, 5) is 15.2. The van der Waals surface area contributed by atoms with Gasteiger partial charge in [0.2, 0.25) is 5.91 Å². The average Bonchev–Trinajstić information content (AvgIpc) is 2.92. The lowest BCUT2D eigenvalue weighted by Gasteiger charge is -2.00. The molecule has 3 rings (SSSR count). The van der Waals surface area contributed by atoms with Crippen molar-refractivity contribution >= 4 is 23.0 Å². The van der Waals surface area contributed by atoms with Gasteiger partial charge in [0.05, 0.1) is 12.6 Å². The Morgan fingerprint density at radius 2 is 1.95 bits per heavy atom. The molecule has 0 atom stereocenters. The third-order valence-electron chi connectivity index (χ3n) is 3.61. The number of benzene rings is 2. The summed E-state index contributed by atoms with van der Waals surface area (Å²) >= 11 is 0. The Kier molecular flexibility index (Phi) is 4.01. The van der Waals surface area contributed by atoms with Crippen molar-refractivity contribution < 1.29 is 4.79 Å². The summed E-state index contributed by atoms with van der Waals surface area (Å²) in [6.45, 7) is 2.01. The van der Waals surface area contributed by atoms with Gasteiger partial charge in [-0.2, -0.15) is 5.10 Å². The third kappa shape index (κ3) is 3.06. The van der Waals surface area contributed by atoms with Gasteiger partial charge in [-0.1, -0.05) is 42.5 Å². The second-order valence-corrected chi connectivity index (χ2v) is 5.19. The minimum Gasteiger partial charge on any atom is -0.361 e. The summed E-state index contributed by atoms with van der Waals surface area (Å²) in [6, 6.07) is 15.8. The second-order valence-electron chi connectivity index (χ2n) is 5.19. The van der Waals surface area contributed by atoms with E-state index < -0.39 is 0 Å². The molecule has 1 heterocycles. The number of aromatic nitrogens is 1. The molecule has 4 nitrogen and oxygen atoms in total. The fourth-order valence-corrected chi connectivity index (χ4v) is 2.40. The topological polar surface area (TPSA) is 57.2 Å². The first-order valence-corrected chi connectivity index (χ1v) is 7.16. The number of para-hydroxylation sites is 1. The predicted molar refractivity (Wildman–Crippen MR) is 88.9 cm³/mol. The van der Waals surface area contributed by atoms with Crippen molar-refractivity contribution in [3.05, 3.63) is 71.4 Å². The molecular formula is C18H17N3O. The van der Waals surface area contributed by atoms with E-state index in [0.717, 1.165) is 27.6 Å². The molecule has 0 saturated carbocycles. The van der Waals surface area contributed by atoms with Gasteiger partial charge < -0.3 is 4.98 Å². The monoisotopic (exact) mass is 291 g/mol. The van der Waals surface area contributed by atoms with E-state index in [1.807, 2.05) is 61.7 Å². The number of hydrazone groups is 1. The number of H-pyrrole nitrogens is 1. The quantitative estimate of drug-likeness (QED) is 0.563. The van der Waals surface area contributed by atoms with Crippen LogP contribution in [0.2, 0.25) is 0 Å². The normalized spacial score (nSPS) is 11.1. The highest BCUT2D eigenvalue weighted by Crippen LogP contribution is 2.17. The minimum atomic E-state index is -0.130. The number of nitrogens with zero attached hydrogens (tertiary/aromatic N) is 1. The molecule has 0 spiro atoms. The number of carbonyl (C=O) groups is 1. The van der Waals surface area contributed by atoms with Gasteiger partial charge in [-0.25, -0.2) is 5.43 Å². The van der Waals surface area contributed by atoms with Crippen molar-refractivity contribution in [1.82, 2.24) is 10.4 Å². The molecule has 0 aliphatic rings. The van der Waals surface area contributed by atoms with Gasteiger partial charge in [0, 0.05) is 17.1 Å². The van der Waals surface area contributed by atoms with Crippen molar-refractivity contribution in [2.75, 3.05) is 0 Å². The highest BCUT2D eigenvalue weighted by molar-refractivity contribution is 5.89. The average molecular weight is 291 g/mol. The highest BCUT2D eigenvalue weighted by Gasteiger charge is 2.07. The first kappa shape index (κ1) is 14.1. The molecule has 2 aromatic carbocycles. The summed E-state index contributed by atoms with van der Waals surface area (Å²) in [5, 5.41) is 5.10. The Hall–Kier alpha value is -2.88. The van der Waals surface area contributed by atoms with Crippen LogP contribution in [0.4, 0.5) is 0 Å². The van der Waals surface area contributed by atoms with Crippen molar-refractivity contribution in [1.29, 1.82) is 0 Å². The molecule has 0 aliphatic carbocycles. The summed E-state index contributed by atoms with van der Waals surface area (Å²) in [5.41, 5.74) is 6.70. The van der Waals surface area contributed by atoms with E-state index >= 15 is 0 Å². The lowest BCUT2D eigenvalue weighted by Crippen LogP contribution is -2.19. The second kappa shape index (κ2) is 6.26. The number of nitrogens with one attached hydrogen (secondary N) is 2. The van der Waals surface area contributed by atoms with Crippen LogP contribution in [-0.2, 0) is 11.2 Å². The van der Waals surface area contributed by atoms with Crippen LogP contribution in [0, 0.1) is 6.92 Å². The van der Waals surface area contributed by atoms with Crippen molar-refractivity contribution in [2.24, 2.45) is 5.10 Å². The molecule has 0 aliphatic heterocycles. The van der Waals surface area contributed by atoms with E-state index in [1.54, 1.807) is 6.21 Å². The van der Waals surface area contributed by atoms with E-state index in [1.165, 1.54) is 0 Å². The maximum Gasteiger partial charge on any atom is 0.244 e. The highest BCUT2D eigenvalue weighted by atomic mass is 16.2. The summed E-state index contributed by atoms with van der Waals surface area (Å²) in [6.07, 6.45) is 3.84. The molecule has 4 heteroatoms. The van der Waals surface area contributed by atoms with Gasteiger partial charge in [-0.3, -0.25) is 4.79 Å². The van der Waals surface area contributed by atoms with Crippen molar-refractivity contribution in [2.45, 2.75) is 13.3 Å². The molecule has 1 amide bonds. The van der Waals surface area contributed by atoms with Gasteiger partial charge in [-0.15, -0.1) is 0 Å². The zero-order valence-corrected chi connectivity index (χ0v) is 12.3. The zero-order chi connectivity index (χ0) is 15.4. The maximum absolute atomic E-state index is 12.0. The molecular weight excluding hydrogens is 274 g/mol. The Bertz CT molecular complexity index is 833. The zero-order valence-electron chi connectivity index (χ0n) is 12.3. The number of amides is 1. The third-order valence-corrected chi connectivity index (χ3v) is 3.61. The van der Waals surface area contributed by atoms with Crippen LogP contribution in [-0.4, -0.2) is 17.1 Å². The maximum atomic E-state index is 12.0. The van der Waals surface area contributed by atoms with E-state index in [9.17, 15) is 4.79 Å². The van der Waals surface area contributed by atoms with Gasteiger partial charge in [0.1, 0.15) is 0 Å². The number of fused-ring (bicyclic) bond motifs is 1. The molecule has 0 saturated heterocycles. The Morgan fingerprint density at radius 1 is 1.18 bits per heavy atom. The Morgan fingerprint density at radius 3 is 2.82 bits per heavy atom. The number of rotatable bonds is 4. The fourth-order valence-electron chi connectivity index (χ4n) is 2.40. The van der Waals surface area contributed by atoms with E-state index in [0.29, 0.717) is 6.42 Å². The van der Waals surface area contributed by atoms with Gasteiger partial charge in [0.15, 0.2) is 0 Å². The Labute approximate surface area is 128 Å².